The fourth-order valence-electron chi connectivity index (χ4n) is 3.35. The molecule has 0 aliphatic heterocycles. The Morgan fingerprint density at radius 2 is 2.15 bits per heavy atom. The number of amides is 1. The van der Waals surface area contributed by atoms with Gasteiger partial charge in [0.05, 0.1) is 10.6 Å². The first-order valence-corrected chi connectivity index (χ1v) is 7.78. The Balaban J connectivity index is 1.99. The van der Waals surface area contributed by atoms with Gasteiger partial charge in [0.1, 0.15) is 0 Å². The zero-order chi connectivity index (χ0) is 14.6. The summed E-state index contributed by atoms with van der Waals surface area (Å²) in [7, 11) is 0. The van der Waals surface area contributed by atoms with E-state index >= 15 is 0 Å². The predicted octanol–water partition coefficient (Wildman–Crippen LogP) is 4.07. The summed E-state index contributed by atoms with van der Waals surface area (Å²) in [6, 6.07) is 1.65. The van der Waals surface area contributed by atoms with E-state index in [0.29, 0.717) is 16.5 Å². The number of halogens is 1. The second kappa shape index (κ2) is 6.57. The lowest BCUT2D eigenvalue weighted by molar-refractivity contribution is 0.0921. The summed E-state index contributed by atoms with van der Waals surface area (Å²) in [4.78, 5) is 16.2. The smallest absolute Gasteiger partial charge is 0.254 e. The number of carbonyl (C=O) groups excluding carboxylic acids is 1. The van der Waals surface area contributed by atoms with E-state index in [1.54, 1.807) is 12.3 Å². The maximum absolute atomic E-state index is 12.2. The highest BCUT2D eigenvalue weighted by atomic mass is 35.5. The lowest BCUT2D eigenvalue weighted by Gasteiger charge is -2.31. The largest absolute Gasteiger partial charge is 0.351 e. The Kier molecular flexibility index (Phi) is 5.03. The van der Waals surface area contributed by atoms with Gasteiger partial charge in [0.25, 0.3) is 5.91 Å². The molecule has 1 N–H and O–H groups in total. The molecule has 0 bridgehead atoms. The SMILES string of the molecule is CC(C)CC1(CNC(=O)c2cnccc2Cl)CCCC1. The van der Waals surface area contributed by atoms with Crippen molar-refractivity contribution in [3.63, 3.8) is 0 Å². The number of hydrogen-bond acceptors (Lipinski definition) is 2. The number of hydrogen-bond donors (Lipinski definition) is 1. The van der Waals surface area contributed by atoms with Crippen molar-refractivity contribution in [2.24, 2.45) is 11.3 Å². The summed E-state index contributed by atoms with van der Waals surface area (Å²) in [6.45, 7) is 5.25. The number of aromatic nitrogens is 1. The molecule has 0 aromatic carbocycles. The summed E-state index contributed by atoms with van der Waals surface area (Å²) in [5.74, 6) is 0.546. The molecule has 1 aliphatic rings. The Morgan fingerprint density at radius 1 is 1.45 bits per heavy atom. The van der Waals surface area contributed by atoms with Gasteiger partial charge in [-0.25, -0.2) is 0 Å². The average molecular weight is 295 g/mol. The molecule has 0 radical (unpaired) electrons. The Labute approximate surface area is 126 Å². The molecule has 1 amide bonds. The molecule has 1 aromatic heterocycles. The highest BCUT2D eigenvalue weighted by molar-refractivity contribution is 6.33. The van der Waals surface area contributed by atoms with E-state index in [9.17, 15) is 4.79 Å². The molecular formula is C16H23ClN2O. The van der Waals surface area contributed by atoms with Crippen LogP contribution in [0.3, 0.4) is 0 Å². The predicted molar refractivity (Wildman–Crippen MR) is 81.9 cm³/mol. The van der Waals surface area contributed by atoms with Crippen LogP contribution in [0.25, 0.3) is 0 Å². The second-order valence-electron chi connectivity index (χ2n) is 6.34. The van der Waals surface area contributed by atoms with Crippen molar-refractivity contribution in [1.82, 2.24) is 10.3 Å². The Hall–Kier alpha value is -1.09. The molecule has 0 spiro atoms. The molecule has 110 valence electrons. The number of nitrogens with one attached hydrogen (secondary N) is 1. The molecule has 20 heavy (non-hydrogen) atoms. The third-order valence-electron chi connectivity index (χ3n) is 4.14. The molecule has 1 fully saturated rings. The Bertz CT molecular complexity index is 467. The minimum absolute atomic E-state index is 0.113. The molecule has 1 aliphatic carbocycles. The van der Waals surface area contributed by atoms with E-state index in [0.717, 1.165) is 6.54 Å². The molecular weight excluding hydrogens is 272 g/mol. The highest BCUT2D eigenvalue weighted by Crippen LogP contribution is 2.42. The van der Waals surface area contributed by atoms with Crippen LogP contribution in [-0.2, 0) is 0 Å². The first-order valence-electron chi connectivity index (χ1n) is 7.40. The lowest BCUT2D eigenvalue weighted by Crippen LogP contribution is -2.37. The maximum Gasteiger partial charge on any atom is 0.254 e. The van der Waals surface area contributed by atoms with Gasteiger partial charge in [-0.2, -0.15) is 0 Å². The molecule has 0 atom stereocenters. The minimum atomic E-state index is -0.113. The first-order chi connectivity index (χ1) is 9.52. The van der Waals surface area contributed by atoms with Crippen LogP contribution in [0, 0.1) is 11.3 Å². The van der Waals surface area contributed by atoms with E-state index in [4.69, 9.17) is 11.6 Å². The molecule has 4 heteroatoms. The fourth-order valence-corrected chi connectivity index (χ4v) is 3.54. The van der Waals surface area contributed by atoms with Crippen LogP contribution < -0.4 is 5.32 Å². The van der Waals surface area contributed by atoms with Crippen molar-refractivity contribution < 1.29 is 4.79 Å². The molecule has 0 unspecified atom stereocenters. The molecule has 1 heterocycles. The summed E-state index contributed by atoms with van der Waals surface area (Å²) in [5, 5.41) is 3.52. The number of carbonyl (C=O) groups is 1. The monoisotopic (exact) mass is 294 g/mol. The van der Waals surface area contributed by atoms with Gasteiger partial charge in [0, 0.05) is 18.9 Å². The standard InChI is InChI=1S/C16H23ClN2O/c1-12(2)9-16(6-3-4-7-16)11-19-15(20)13-10-18-8-5-14(13)17/h5,8,10,12H,3-4,6-7,9,11H2,1-2H3,(H,19,20). The van der Waals surface area contributed by atoms with Crippen molar-refractivity contribution in [2.45, 2.75) is 46.0 Å². The van der Waals surface area contributed by atoms with Crippen LogP contribution in [0.4, 0.5) is 0 Å². The van der Waals surface area contributed by atoms with E-state index in [1.165, 1.54) is 38.3 Å². The number of rotatable bonds is 5. The zero-order valence-electron chi connectivity index (χ0n) is 12.3. The van der Waals surface area contributed by atoms with E-state index < -0.39 is 0 Å². The van der Waals surface area contributed by atoms with Crippen molar-refractivity contribution in [3.8, 4) is 0 Å². The summed E-state index contributed by atoms with van der Waals surface area (Å²) in [6.07, 6.45) is 9.27. The first kappa shape index (κ1) is 15.3. The number of nitrogens with zero attached hydrogens (tertiary/aromatic N) is 1. The van der Waals surface area contributed by atoms with E-state index in [-0.39, 0.29) is 11.3 Å². The summed E-state index contributed by atoms with van der Waals surface area (Å²) >= 11 is 6.03. The highest BCUT2D eigenvalue weighted by Gasteiger charge is 2.34. The van der Waals surface area contributed by atoms with Crippen molar-refractivity contribution in [1.29, 1.82) is 0 Å². The normalized spacial score (nSPS) is 17.4. The zero-order valence-corrected chi connectivity index (χ0v) is 13.0. The van der Waals surface area contributed by atoms with Crippen LogP contribution >= 0.6 is 11.6 Å². The van der Waals surface area contributed by atoms with Gasteiger partial charge >= 0.3 is 0 Å². The van der Waals surface area contributed by atoms with Crippen molar-refractivity contribution in [3.05, 3.63) is 29.0 Å². The Morgan fingerprint density at radius 3 is 2.75 bits per heavy atom. The molecule has 1 aromatic rings. The molecule has 1 saturated carbocycles. The van der Waals surface area contributed by atoms with Crippen LogP contribution in [0.1, 0.15) is 56.3 Å². The summed E-state index contributed by atoms with van der Waals surface area (Å²) in [5.41, 5.74) is 0.741. The van der Waals surface area contributed by atoms with Gasteiger partial charge in [0.15, 0.2) is 0 Å². The van der Waals surface area contributed by atoms with Gasteiger partial charge in [-0.05, 0) is 36.7 Å². The average Bonchev–Trinajstić information content (AvgIpc) is 2.84. The van der Waals surface area contributed by atoms with Crippen LogP contribution in [-0.4, -0.2) is 17.4 Å². The summed E-state index contributed by atoms with van der Waals surface area (Å²) < 4.78 is 0. The van der Waals surface area contributed by atoms with Crippen LogP contribution in [0.2, 0.25) is 5.02 Å². The van der Waals surface area contributed by atoms with Gasteiger partial charge in [0.2, 0.25) is 0 Å². The topological polar surface area (TPSA) is 42.0 Å². The third-order valence-corrected chi connectivity index (χ3v) is 4.47. The van der Waals surface area contributed by atoms with Gasteiger partial charge < -0.3 is 5.32 Å². The second-order valence-corrected chi connectivity index (χ2v) is 6.75. The van der Waals surface area contributed by atoms with Gasteiger partial charge in [-0.1, -0.05) is 38.3 Å². The van der Waals surface area contributed by atoms with Gasteiger partial charge in [-0.15, -0.1) is 0 Å². The minimum Gasteiger partial charge on any atom is -0.351 e. The quantitative estimate of drug-likeness (QED) is 0.889. The van der Waals surface area contributed by atoms with Crippen LogP contribution in [0.15, 0.2) is 18.5 Å². The molecule has 2 rings (SSSR count). The van der Waals surface area contributed by atoms with E-state index in [1.807, 2.05) is 0 Å². The van der Waals surface area contributed by atoms with E-state index in [2.05, 4.69) is 24.1 Å². The van der Waals surface area contributed by atoms with Crippen molar-refractivity contribution in [2.75, 3.05) is 6.54 Å². The van der Waals surface area contributed by atoms with Gasteiger partial charge in [-0.3, -0.25) is 9.78 Å². The maximum atomic E-state index is 12.2. The fraction of sp³-hybridized carbons (Fsp3) is 0.625. The van der Waals surface area contributed by atoms with Crippen molar-refractivity contribution >= 4 is 17.5 Å². The number of pyridine rings is 1. The third kappa shape index (κ3) is 3.72. The molecule has 0 saturated heterocycles. The molecule has 3 nitrogen and oxygen atoms in total. The van der Waals surface area contributed by atoms with Crippen LogP contribution in [0.5, 0.6) is 0 Å². The lowest BCUT2D eigenvalue weighted by atomic mass is 9.78.